The third kappa shape index (κ3) is 3.74. The van der Waals surface area contributed by atoms with Crippen molar-refractivity contribution in [2.45, 2.75) is 89.6 Å². The van der Waals surface area contributed by atoms with Gasteiger partial charge in [0.2, 0.25) is 0 Å². The number of hydrogen-bond donors (Lipinski definition) is 0. The van der Waals surface area contributed by atoms with Crippen LogP contribution in [0.1, 0.15) is 71.1 Å². The molecule has 1 saturated carbocycles. The first-order chi connectivity index (χ1) is 7.88. The maximum atomic E-state index is 6.09. The molecule has 0 spiro atoms. The van der Waals surface area contributed by atoms with E-state index in [2.05, 4.69) is 6.92 Å². The van der Waals surface area contributed by atoms with Gasteiger partial charge in [0.1, 0.15) is 0 Å². The average Bonchev–Trinajstić information content (AvgIpc) is 2.31. The van der Waals surface area contributed by atoms with E-state index in [1.54, 1.807) is 0 Å². The predicted molar refractivity (Wildman–Crippen MR) is 65.4 cm³/mol. The summed E-state index contributed by atoms with van der Waals surface area (Å²) in [6.45, 7) is 2.23. The van der Waals surface area contributed by atoms with Crippen LogP contribution in [0.25, 0.3) is 0 Å². The summed E-state index contributed by atoms with van der Waals surface area (Å²) >= 11 is 0. The summed E-state index contributed by atoms with van der Waals surface area (Å²) in [5.74, 6) is 0. The zero-order chi connectivity index (χ0) is 11.2. The highest BCUT2D eigenvalue weighted by Crippen LogP contribution is 2.27. The van der Waals surface area contributed by atoms with E-state index in [4.69, 9.17) is 9.47 Å². The first kappa shape index (κ1) is 12.4. The third-order valence-corrected chi connectivity index (χ3v) is 3.82. The van der Waals surface area contributed by atoms with E-state index in [9.17, 15) is 0 Å². The lowest BCUT2D eigenvalue weighted by atomic mass is 9.97. The third-order valence-electron chi connectivity index (χ3n) is 3.82. The fraction of sp³-hybridized carbons (Fsp3) is 1.00. The molecule has 0 N–H and O–H groups in total. The average molecular weight is 226 g/mol. The van der Waals surface area contributed by atoms with E-state index >= 15 is 0 Å². The lowest BCUT2D eigenvalue weighted by molar-refractivity contribution is -0.219. The van der Waals surface area contributed by atoms with E-state index < -0.39 is 0 Å². The van der Waals surface area contributed by atoms with Crippen molar-refractivity contribution in [3.8, 4) is 0 Å². The van der Waals surface area contributed by atoms with Gasteiger partial charge in [-0.2, -0.15) is 0 Å². The van der Waals surface area contributed by atoms with Gasteiger partial charge in [0.15, 0.2) is 6.29 Å². The van der Waals surface area contributed by atoms with Crippen molar-refractivity contribution in [3.63, 3.8) is 0 Å². The Morgan fingerprint density at radius 2 is 1.81 bits per heavy atom. The minimum absolute atomic E-state index is 0.105. The molecule has 1 aliphatic heterocycles. The van der Waals surface area contributed by atoms with E-state index in [0.717, 1.165) is 6.42 Å². The van der Waals surface area contributed by atoms with Crippen molar-refractivity contribution in [2.75, 3.05) is 0 Å². The Balaban J connectivity index is 1.71. The smallest absolute Gasteiger partial charge is 0.158 e. The van der Waals surface area contributed by atoms with Crippen LogP contribution in [0.4, 0.5) is 0 Å². The Kier molecular flexibility index (Phi) is 5.11. The van der Waals surface area contributed by atoms with Gasteiger partial charge in [0, 0.05) is 0 Å². The molecule has 94 valence electrons. The van der Waals surface area contributed by atoms with E-state index in [0.29, 0.717) is 12.2 Å². The molecule has 0 radical (unpaired) electrons. The van der Waals surface area contributed by atoms with Crippen molar-refractivity contribution >= 4 is 0 Å². The Hall–Kier alpha value is -0.0800. The van der Waals surface area contributed by atoms with Gasteiger partial charge in [-0.1, -0.05) is 32.6 Å². The number of ether oxygens (including phenoxy) is 2. The predicted octanol–water partition coefficient (Wildman–Crippen LogP) is 4.03. The van der Waals surface area contributed by atoms with Crippen LogP contribution < -0.4 is 0 Å². The molecule has 2 rings (SSSR count). The second-order valence-corrected chi connectivity index (χ2v) is 5.30. The normalized spacial score (nSPS) is 32.8. The fourth-order valence-electron chi connectivity index (χ4n) is 2.91. The molecule has 1 heterocycles. The Morgan fingerprint density at radius 1 is 1.00 bits per heavy atom. The molecule has 2 nitrogen and oxygen atoms in total. The second-order valence-electron chi connectivity index (χ2n) is 5.30. The highest BCUT2D eigenvalue weighted by Gasteiger charge is 2.25. The van der Waals surface area contributed by atoms with Gasteiger partial charge < -0.3 is 9.47 Å². The van der Waals surface area contributed by atoms with Gasteiger partial charge in [-0.15, -0.1) is 0 Å². The Morgan fingerprint density at radius 3 is 2.56 bits per heavy atom. The molecule has 2 fully saturated rings. The molecule has 2 unspecified atom stereocenters. The lowest BCUT2D eigenvalue weighted by Gasteiger charge is -2.33. The Labute approximate surface area is 99.7 Å². The summed E-state index contributed by atoms with van der Waals surface area (Å²) in [6, 6.07) is 0. The molecule has 2 atom stereocenters. The minimum Gasteiger partial charge on any atom is -0.349 e. The lowest BCUT2D eigenvalue weighted by Crippen LogP contribution is -2.33. The topological polar surface area (TPSA) is 18.5 Å². The van der Waals surface area contributed by atoms with Crippen LogP contribution in [0.5, 0.6) is 0 Å². The van der Waals surface area contributed by atoms with Gasteiger partial charge in [0.05, 0.1) is 12.2 Å². The van der Waals surface area contributed by atoms with E-state index in [-0.39, 0.29) is 6.29 Å². The largest absolute Gasteiger partial charge is 0.349 e. The second kappa shape index (κ2) is 6.61. The maximum Gasteiger partial charge on any atom is 0.158 e. The van der Waals surface area contributed by atoms with Gasteiger partial charge >= 0.3 is 0 Å². The highest BCUT2D eigenvalue weighted by atomic mass is 16.7. The van der Waals surface area contributed by atoms with Crippen LogP contribution >= 0.6 is 0 Å². The molecule has 0 bridgehead atoms. The highest BCUT2D eigenvalue weighted by molar-refractivity contribution is 4.70. The first-order valence-electron chi connectivity index (χ1n) is 7.19. The van der Waals surface area contributed by atoms with Crippen LogP contribution in [0.3, 0.4) is 0 Å². The molecule has 16 heavy (non-hydrogen) atoms. The quantitative estimate of drug-likeness (QED) is 0.720. The summed E-state index contributed by atoms with van der Waals surface area (Å²) < 4.78 is 12.1. The molecule has 0 aromatic carbocycles. The summed E-state index contributed by atoms with van der Waals surface area (Å²) in [7, 11) is 0. The maximum absolute atomic E-state index is 6.09. The minimum atomic E-state index is 0.105. The summed E-state index contributed by atoms with van der Waals surface area (Å²) in [5, 5.41) is 0. The molecule has 0 aromatic heterocycles. The van der Waals surface area contributed by atoms with Gasteiger partial charge in [0.25, 0.3) is 0 Å². The number of hydrogen-bond acceptors (Lipinski definition) is 2. The molecule has 2 aliphatic rings. The number of rotatable bonds is 4. The van der Waals surface area contributed by atoms with Crippen LogP contribution in [0, 0.1) is 0 Å². The van der Waals surface area contributed by atoms with Crippen molar-refractivity contribution in [3.05, 3.63) is 0 Å². The van der Waals surface area contributed by atoms with Gasteiger partial charge in [-0.3, -0.25) is 0 Å². The first-order valence-corrected chi connectivity index (χ1v) is 7.19. The van der Waals surface area contributed by atoms with Crippen molar-refractivity contribution in [1.82, 2.24) is 0 Å². The fourth-order valence-corrected chi connectivity index (χ4v) is 2.91. The summed E-state index contributed by atoms with van der Waals surface area (Å²) in [5.41, 5.74) is 0. The standard InChI is InChI=1S/C14H26O2/c1-2-7-12-10-6-11-14(15-12)16-13-8-4-3-5-9-13/h12-14H,2-11H2,1H3. The monoisotopic (exact) mass is 226 g/mol. The molecular weight excluding hydrogens is 200 g/mol. The van der Waals surface area contributed by atoms with E-state index in [1.807, 2.05) is 0 Å². The molecular formula is C14H26O2. The SMILES string of the molecule is CCCC1CCCC(OC2CCCCC2)O1. The van der Waals surface area contributed by atoms with Crippen LogP contribution in [-0.4, -0.2) is 18.5 Å². The van der Waals surface area contributed by atoms with Crippen molar-refractivity contribution in [1.29, 1.82) is 0 Å². The van der Waals surface area contributed by atoms with Crippen LogP contribution in [-0.2, 0) is 9.47 Å². The molecule has 0 amide bonds. The molecule has 0 aromatic rings. The van der Waals surface area contributed by atoms with Crippen LogP contribution in [0.2, 0.25) is 0 Å². The molecule has 2 heteroatoms. The molecule has 1 saturated heterocycles. The van der Waals surface area contributed by atoms with Crippen LogP contribution in [0.15, 0.2) is 0 Å². The molecule has 1 aliphatic carbocycles. The van der Waals surface area contributed by atoms with Crippen molar-refractivity contribution in [2.24, 2.45) is 0 Å². The zero-order valence-electron chi connectivity index (χ0n) is 10.6. The van der Waals surface area contributed by atoms with Crippen molar-refractivity contribution < 1.29 is 9.47 Å². The zero-order valence-corrected chi connectivity index (χ0v) is 10.6. The summed E-state index contributed by atoms with van der Waals surface area (Å²) in [6.07, 6.45) is 13.7. The van der Waals surface area contributed by atoms with Gasteiger partial charge in [-0.25, -0.2) is 0 Å². The van der Waals surface area contributed by atoms with Gasteiger partial charge in [-0.05, 0) is 38.5 Å². The Bertz CT molecular complexity index is 185. The summed E-state index contributed by atoms with van der Waals surface area (Å²) in [4.78, 5) is 0. The van der Waals surface area contributed by atoms with E-state index in [1.165, 1.54) is 57.8 Å².